The average molecular weight is 399 g/mol. The molecule has 0 unspecified atom stereocenters. The monoisotopic (exact) mass is 399 g/mol. The van der Waals surface area contributed by atoms with Gasteiger partial charge in [0.2, 0.25) is 0 Å². The maximum atomic E-state index is 12.6. The first kappa shape index (κ1) is 18.3. The number of nitro benzene ring substituents is 1. The van der Waals surface area contributed by atoms with Crippen molar-refractivity contribution in [2.75, 3.05) is 13.2 Å². The third-order valence-corrected chi connectivity index (χ3v) is 4.97. The van der Waals surface area contributed by atoms with Crippen molar-refractivity contribution in [3.05, 3.63) is 58.0 Å². The van der Waals surface area contributed by atoms with E-state index >= 15 is 0 Å². The van der Waals surface area contributed by atoms with Crippen LogP contribution in [0.3, 0.4) is 0 Å². The topological polar surface area (TPSA) is 97.8 Å². The second-order valence-corrected chi connectivity index (χ2v) is 6.93. The Morgan fingerprint density at radius 2 is 2.07 bits per heavy atom. The smallest absolute Gasteiger partial charge is 0.276 e. The lowest BCUT2D eigenvalue weighted by Gasteiger charge is -2.18. The molecule has 1 N–H and O–H groups in total. The van der Waals surface area contributed by atoms with Gasteiger partial charge in [0.1, 0.15) is 17.2 Å². The summed E-state index contributed by atoms with van der Waals surface area (Å²) >= 11 is 5.27. The van der Waals surface area contributed by atoms with Gasteiger partial charge in [-0.15, -0.1) is 0 Å². The first-order chi connectivity index (χ1) is 13.5. The van der Waals surface area contributed by atoms with Crippen LogP contribution in [-0.4, -0.2) is 40.1 Å². The fraction of sp³-hybridized carbons (Fsp3) is 0.263. The molecule has 28 heavy (non-hydrogen) atoms. The maximum absolute atomic E-state index is 12.6. The number of amides is 1. The number of hydrogen-bond donors (Lipinski definition) is 1. The highest BCUT2D eigenvalue weighted by atomic mass is 32.1. The van der Waals surface area contributed by atoms with E-state index in [9.17, 15) is 14.9 Å². The van der Waals surface area contributed by atoms with Gasteiger partial charge in [0.25, 0.3) is 11.6 Å². The maximum Gasteiger partial charge on any atom is 0.276 e. The van der Waals surface area contributed by atoms with Crippen LogP contribution >= 0.6 is 12.2 Å². The average Bonchev–Trinajstić information content (AvgIpc) is 3.41. The zero-order valence-corrected chi connectivity index (χ0v) is 15.6. The fourth-order valence-corrected chi connectivity index (χ4v) is 3.47. The van der Waals surface area contributed by atoms with E-state index in [0.717, 1.165) is 12.8 Å². The van der Waals surface area contributed by atoms with E-state index in [-0.39, 0.29) is 17.7 Å². The summed E-state index contributed by atoms with van der Waals surface area (Å²) in [5.41, 5.74) is 1.06. The van der Waals surface area contributed by atoms with Crippen LogP contribution in [0.2, 0.25) is 0 Å². The predicted octanol–water partition coefficient (Wildman–Crippen LogP) is 3.09. The van der Waals surface area contributed by atoms with Gasteiger partial charge < -0.3 is 14.5 Å². The van der Waals surface area contributed by atoms with E-state index < -0.39 is 4.92 Å². The van der Waals surface area contributed by atoms with Gasteiger partial charge in [0.05, 0.1) is 17.6 Å². The number of non-ortho nitro benzene ring substituents is 1. The Morgan fingerprint density at radius 3 is 2.75 bits per heavy atom. The second-order valence-electron chi connectivity index (χ2n) is 6.54. The molecule has 2 aliphatic rings. The lowest BCUT2D eigenvalue weighted by molar-refractivity contribution is -0.384. The van der Waals surface area contributed by atoms with Gasteiger partial charge in [0, 0.05) is 30.4 Å². The van der Waals surface area contributed by atoms with Crippen molar-refractivity contribution in [1.29, 1.82) is 0 Å². The number of nitrogens with zero attached hydrogens (tertiary/aromatic N) is 2. The molecule has 0 radical (unpaired) electrons. The third-order valence-electron chi connectivity index (χ3n) is 4.65. The molecule has 4 rings (SSSR count). The van der Waals surface area contributed by atoms with Crippen LogP contribution in [0.25, 0.3) is 17.4 Å². The lowest BCUT2D eigenvalue weighted by Crippen LogP contribution is -2.37. The van der Waals surface area contributed by atoms with E-state index in [1.54, 1.807) is 30.3 Å². The van der Waals surface area contributed by atoms with E-state index in [4.69, 9.17) is 21.4 Å². The highest BCUT2D eigenvalue weighted by Crippen LogP contribution is 2.26. The summed E-state index contributed by atoms with van der Waals surface area (Å²) < 4.78 is 11.3. The van der Waals surface area contributed by atoms with E-state index in [1.807, 2.05) is 0 Å². The summed E-state index contributed by atoms with van der Waals surface area (Å²) in [6.07, 6.45) is 3.52. The molecule has 2 aliphatic heterocycles. The van der Waals surface area contributed by atoms with Crippen molar-refractivity contribution in [3.8, 4) is 11.3 Å². The first-order valence-electron chi connectivity index (χ1n) is 8.82. The van der Waals surface area contributed by atoms with E-state index in [1.165, 1.54) is 17.0 Å². The molecule has 9 heteroatoms. The van der Waals surface area contributed by atoms with Crippen LogP contribution in [0, 0.1) is 10.1 Å². The third kappa shape index (κ3) is 3.67. The van der Waals surface area contributed by atoms with Gasteiger partial charge >= 0.3 is 0 Å². The largest absolute Gasteiger partial charge is 0.457 e. The Balaban J connectivity index is 1.49. The molecule has 144 valence electrons. The number of nitrogens with one attached hydrogen (secondary N) is 1. The summed E-state index contributed by atoms with van der Waals surface area (Å²) in [5.74, 6) is 0.811. The molecule has 0 aliphatic carbocycles. The molecule has 1 aromatic carbocycles. The van der Waals surface area contributed by atoms with Crippen LogP contribution in [0.1, 0.15) is 18.6 Å². The molecule has 1 aromatic heterocycles. The molecule has 0 saturated carbocycles. The van der Waals surface area contributed by atoms with Gasteiger partial charge in [-0.3, -0.25) is 19.8 Å². The van der Waals surface area contributed by atoms with Gasteiger partial charge in [0.15, 0.2) is 5.11 Å². The SMILES string of the molecule is O=C1/C(=C\c2ccc(-c3ccc([N+](=O)[O-])cc3)o2)NC(=S)N1C[C@H]1CCCO1. The summed E-state index contributed by atoms with van der Waals surface area (Å²) in [6.45, 7) is 1.15. The lowest BCUT2D eigenvalue weighted by atomic mass is 10.1. The van der Waals surface area contributed by atoms with Crippen LogP contribution < -0.4 is 5.32 Å². The molecule has 2 saturated heterocycles. The number of furan rings is 1. The number of nitro groups is 1. The fourth-order valence-electron chi connectivity index (χ4n) is 3.20. The van der Waals surface area contributed by atoms with Crippen LogP contribution in [0.4, 0.5) is 5.69 Å². The zero-order valence-electron chi connectivity index (χ0n) is 14.8. The van der Waals surface area contributed by atoms with Gasteiger partial charge in [-0.2, -0.15) is 0 Å². The zero-order chi connectivity index (χ0) is 19.7. The van der Waals surface area contributed by atoms with E-state index in [0.29, 0.717) is 41.0 Å². The van der Waals surface area contributed by atoms with E-state index in [2.05, 4.69) is 5.32 Å². The molecule has 8 nitrogen and oxygen atoms in total. The number of rotatable bonds is 5. The Hall–Kier alpha value is -3.04. The number of carbonyl (C=O) groups is 1. The van der Waals surface area contributed by atoms with Gasteiger partial charge in [-0.25, -0.2) is 0 Å². The quantitative estimate of drug-likeness (QED) is 0.357. The number of thiocarbonyl (C=S) groups is 1. The van der Waals surface area contributed by atoms with Crippen LogP contribution in [-0.2, 0) is 9.53 Å². The molecule has 0 bridgehead atoms. The van der Waals surface area contributed by atoms with Crippen molar-refractivity contribution < 1.29 is 18.9 Å². The predicted molar refractivity (Wildman–Crippen MR) is 105 cm³/mol. The van der Waals surface area contributed by atoms with Crippen LogP contribution in [0.15, 0.2) is 46.5 Å². The summed E-state index contributed by atoms with van der Waals surface area (Å²) in [7, 11) is 0. The first-order valence-corrected chi connectivity index (χ1v) is 9.23. The normalized spacial score (nSPS) is 20.8. The van der Waals surface area contributed by atoms with Crippen molar-refractivity contribution >= 4 is 35.0 Å². The molecule has 2 aromatic rings. The van der Waals surface area contributed by atoms with Gasteiger partial charge in [-0.1, -0.05) is 0 Å². The molecule has 0 spiro atoms. The number of hydrogen-bond acceptors (Lipinski definition) is 6. The summed E-state index contributed by atoms with van der Waals surface area (Å²) in [5, 5.41) is 14.0. The number of benzene rings is 1. The number of ether oxygens (including phenoxy) is 1. The molecule has 1 atom stereocenters. The second kappa shape index (κ2) is 7.53. The minimum absolute atomic E-state index is 0.0123. The molecular weight excluding hydrogens is 382 g/mol. The van der Waals surface area contributed by atoms with Crippen molar-refractivity contribution in [2.24, 2.45) is 0 Å². The minimum Gasteiger partial charge on any atom is -0.457 e. The Morgan fingerprint density at radius 1 is 1.29 bits per heavy atom. The Kier molecular flexibility index (Phi) is 4.93. The summed E-state index contributed by atoms with van der Waals surface area (Å²) in [6, 6.07) is 9.54. The molecule has 1 amide bonds. The summed E-state index contributed by atoms with van der Waals surface area (Å²) in [4.78, 5) is 24.4. The molecule has 2 fully saturated rings. The van der Waals surface area contributed by atoms with Crippen LogP contribution in [0.5, 0.6) is 0 Å². The van der Waals surface area contributed by atoms with Crippen molar-refractivity contribution in [1.82, 2.24) is 10.2 Å². The van der Waals surface area contributed by atoms with Crippen molar-refractivity contribution in [2.45, 2.75) is 18.9 Å². The Bertz CT molecular complexity index is 960. The molecular formula is C19H17N3O5S. The highest BCUT2D eigenvalue weighted by Gasteiger charge is 2.33. The van der Waals surface area contributed by atoms with Crippen molar-refractivity contribution in [3.63, 3.8) is 0 Å². The van der Waals surface area contributed by atoms with Gasteiger partial charge in [-0.05, 0) is 49.3 Å². The standard InChI is InChI=1S/C19H17N3O5S/c23-18-16(20-19(28)21(18)11-15-2-1-9-26-15)10-14-7-8-17(27-14)12-3-5-13(6-4-12)22(24)25/h3-8,10,15H,1-2,9,11H2,(H,20,28)/b16-10+/t15-/m1/s1. The number of carbonyl (C=O) groups excluding carboxylic acids is 1. The Labute approximate surface area is 165 Å². The molecule has 3 heterocycles. The highest BCUT2D eigenvalue weighted by molar-refractivity contribution is 7.80. The minimum atomic E-state index is -0.454.